The normalized spacial score (nSPS) is 17.3. The minimum absolute atomic E-state index is 0.0749. The van der Waals surface area contributed by atoms with Crippen LogP contribution in [0.15, 0.2) is 35.5 Å². The predicted molar refractivity (Wildman–Crippen MR) is 80.0 cm³/mol. The third-order valence-electron chi connectivity index (χ3n) is 3.93. The van der Waals surface area contributed by atoms with Crippen LogP contribution in [0.3, 0.4) is 0 Å². The van der Waals surface area contributed by atoms with Crippen LogP contribution in [0.25, 0.3) is 0 Å². The second kappa shape index (κ2) is 6.25. The molecule has 124 valence electrons. The van der Waals surface area contributed by atoms with E-state index < -0.39 is 15.8 Å². The number of halogens is 1. The summed E-state index contributed by atoms with van der Waals surface area (Å²) in [6, 6.07) is 3.57. The number of piperidine rings is 1. The molecule has 0 saturated carbocycles. The van der Waals surface area contributed by atoms with Gasteiger partial charge >= 0.3 is 0 Å². The molecule has 0 aliphatic carbocycles. The molecule has 3 rings (SSSR count). The average molecular weight is 340 g/mol. The molecule has 0 unspecified atom stereocenters. The number of hydrogen-bond donors (Lipinski definition) is 0. The van der Waals surface area contributed by atoms with Gasteiger partial charge in [-0.15, -0.1) is 0 Å². The molecule has 1 fully saturated rings. The van der Waals surface area contributed by atoms with Crippen LogP contribution in [-0.4, -0.2) is 47.9 Å². The Morgan fingerprint density at radius 1 is 1.22 bits per heavy atom. The van der Waals surface area contributed by atoms with Gasteiger partial charge in [0.05, 0.1) is 25.5 Å². The molecule has 9 heteroatoms. The van der Waals surface area contributed by atoms with Crippen molar-refractivity contribution in [2.45, 2.75) is 23.8 Å². The lowest BCUT2D eigenvalue weighted by Crippen LogP contribution is -2.39. The lowest BCUT2D eigenvalue weighted by atomic mass is 10.1. The van der Waals surface area contributed by atoms with Crippen molar-refractivity contribution in [2.75, 3.05) is 20.2 Å². The first-order chi connectivity index (χ1) is 11.0. The van der Waals surface area contributed by atoms with Gasteiger partial charge in [0.2, 0.25) is 10.0 Å². The van der Waals surface area contributed by atoms with Gasteiger partial charge < -0.3 is 4.74 Å². The number of ether oxygens (including phenoxy) is 1. The minimum Gasteiger partial charge on any atom is -0.495 e. The van der Waals surface area contributed by atoms with E-state index in [2.05, 4.69) is 10.2 Å². The number of sulfonamides is 1. The van der Waals surface area contributed by atoms with Crippen molar-refractivity contribution in [3.8, 4) is 5.75 Å². The van der Waals surface area contributed by atoms with Crippen molar-refractivity contribution in [2.24, 2.45) is 0 Å². The molecule has 0 radical (unpaired) electrons. The van der Waals surface area contributed by atoms with Gasteiger partial charge in [-0.05, 0) is 31.0 Å². The van der Waals surface area contributed by atoms with Gasteiger partial charge in [0, 0.05) is 13.1 Å². The van der Waals surface area contributed by atoms with E-state index in [1.165, 1.54) is 23.5 Å². The molecule has 1 aliphatic rings. The fraction of sp³-hybridized carbons (Fsp3) is 0.429. The van der Waals surface area contributed by atoms with Crippen LogP contribution >= 0.6 is 0 Å². The predicted octanol–water partition coefficient (Wildman–Crippen LogP) is 1.45. The Bertz CT molecular complexity index is 771. The van der Waals surface area contributed by atoms with E-state index in [0.29, 0.717) is 25.9 Å². The van der Waals surface area contributed by atoms with Crippen LogP contribution in [0.4, 0.5) is 4.39 Å². The first-order valence-electron chi connectivity index (χ1n) is 7.22. The van der Waals surface area contributed by atoms with Crippen molar-refractivity contribution in [1.29, 1.82) is 0 Å². The van der Waals surface area contributed by atoms with Crippen molar-refractivity contribution in [3.63, 3.8) is 0 Å². The molecule has 0 bridgehead atoms. The largest absolute Gasteiger partial charge is 0.495 e. The molecule has 1 aromatic carbocycles. The third kappa shape index (κ3) is 3.06. The molecule has 1 aliphatic heterocycles. The van der Waals surface area contributed by atoms with Gasteiger partial charge in [-0.25, -0.2) is 12.8 Å². The van der Waals surface area contributed by atoms with Crippen LogP contribution < -0.4 is 4.74 Å². The molecular weight excluding hydrogens is 323 g/mol. The van der Waals surface area contributed by atoms with Gasteiger partial charge in [-0.1, -0.05) is 0 Å². The van der Waals surface area contributed by atoms with E-state index >= 15 is 0 Å². The summed E-state index contributed by atoms with van der Waals surface area (Å²) >= 11 is 0. The van der Waals surface area contributed by atoms with Crippen LogP contribution in [-0.2, 0) is 10.0 Å². The van der Waals surface area contributed by atoms with Crippen molar-refractivity contribution in [1.82, 2.24) is 19.3 Å². The number of aromatic nitrogens is 3. The molecule has 23 heavy (non-hydrogen) atoms. The fourth-order valence-corrected chi connectivity index (χ4v) is 4.36. The van der Waals surface area contributed by atoms with E-state index in [1.54, 1.807) is 17.2 Å². The van der Waals surface area contributed by atoms with Gasteiger partial charge in [-0.2, -0.15) is 19.3 Å². The smallest absolute Gasteiger partial charge is 0.246 e. The average Bonchev–Trinajstić information content (AvgIpc) is 3.09. The maximum absolute atomic E-state index is 13.5. The summed E-state index contributed by atoms with van der Waals surface area (Å²) in [6.45, 7) is 0.655. The molecular formula is C14H17FN4O3S. The lowest BCUT2D eigenvalue weighted by molar-refractivity contribution is 0.244. The summed E-state index contributed by atoms with van der Waals surface area (Å²) in [7, 11) is -2.44. The SMILES string of the molecule is COc1ccc(F)cc1S(=O)(=O)N1CCC(n2nccn2)CC1. The van der Waals surface area contributed by atoms with Crippen molar-refractivity contribution < 1.29 is 17.5 Å². The molecule has 0 N–H and O–H groups in total. The van der Waals surface area contributed by atoms with E-state index in [-0.39, 0.29) is 16.7 Å². The molecule has 0 spiro atoms. The summed E-state index contributed by atoms with van der Waals surface area (Å²) < 4.78 is 45.4. The lowest BCUT2D eigenvalue weighted by Gasteiger charge is -2.30. The zero-order chi connectivity index (χ0) is 16.4. The zero-order valence-corrected chi connectivity index (χ0v) is 13.4. The Kier molecular flexibility index (Phi) is 4.31. The summed E-state index contributed by atoms with van der Waals surface area (Å²) in [4.78, 5) is 1.46. The number of benzene rings is 1. The third-order valence-corrected chi connectivity index (χ3v) is 5.85. The number of nitrogens with zero attached hydrogens (tertiary/aromatic N) is 4. The number of hydrogen-bond acceptors (Lipinski definition) is 5. The van der Waals surface area contributed by atoms with Crippen LogP contribution in [0.1, 0.15) is 18.9 Å². The Balaban J connectivity index is 1.81. The highest BCUT2D eigenvalue weighted by Gasteiger charge is 2.32. The van der Waals surface area contributed by atoms with Crippen molar-refractivity contribution in [3.05, 3.63) is 36.4 Å². The number of rotatable bonds is 4. The molecule has 1 saturated heterocycles. The van der Waals surface area contributed by atoms with E-state index in [4.69, 9.17) is 4.74 Å². The minimum atomic E-state index is -3.80. The Morgan fingerprint density at radius 2 is 1.87 bits per heavy atom. The maximum atomic E-state index is 13.5. The van der Waals surface area contributed by atoms with Gasteiger partial charge in [-0.3, -0.25) is 0 Å². The highest BCUT2D eigenvalue weighted by atomic mass is 32.2. The van der Waals surface area contributed by atoms with Crippen LogP contribution in [0, 0.1) is 5.82 Å². The van der Waals surface area contributed by atoms with E-state index in [0.717, 1.165) is 6.07 Å². The summed E-state index contributed by atoms with van der Waals surface area (Å²) in [6.07, 6.45) is 4.40. The first kappa shape index (κ1) is 15.9. The monoisotopic (exact) mass is 340 g/mol. The highest BCUT2D eigenvalue weighted by Crippen LogP contribution is 2.31. The Labute approximate surface area is 133 Å². The van der Waals surface area contributed by atoms with Crippen molar-refractivity contribution >= 4 is 10.0 Å². The summed E-state index contributed by atoms with van der Waals surface area (Å²) in [5.41, 5.74) is 0. The Hall–Kier alpha value is -2.00. The van der Waals surface area contributed by atoms with Crippen LogP contribution in [0.5, 0.6) is 5.75 Å². The van der Waals surface area contributed by atoms with Gasteiger partial charge in [0.15, 0.2) is 0 Å². The summed E-state index contributed by atoms with van der Waals surface area (Å²) in [5.74, 6) is -0.470. The quantitative estimate of drug-likeness (QED) is 0.842. The maximum Gasteiger partial charge on any atom is 0.246 e. The fourth-order valence-electron chi connectivity index (χ4n) is 2.72. The topological polar surface area (TPSA) is 77.3 Å². The van der Waals surface area contributed by atoms with E-state index in [1.807, 2.05) is 0 Å². The first-order valence-corrected chi connectivity index (χ1v) is 8.66. The Morgan fingerprint density at radius 3 is 2.48 bits per heavy atom. The highest BCUT2D eigenvalue weighted by molar-refractivity contribution is 7.89. The summed E-state index contributed by atoms with van der Waals surface area (Å²) in [5, 5.41) is 8.18. The molecule has 0 atom stereocenters. The molecule has 2 heterocycles. The molecule has 7 nitrogen and oxygen atoms in total. The molecule has 1 aromatic heterocycles. The van der Waals surface area contributed by atoms with Gasteiger partial charge in [0.1, 0.15) is 16.5 Å². The second-order valence-electron chi connectivity index (χ2n) is 5.28. The van der Waals surface area contributed by atoms with E-state index in [9.17, 15) is 12.8 Å². The second-order valence-corrected chi connectivity index (χ2v) is 7.19. The standard InChI is InChI=1S/C14H17FN4O3S/c1-22-13-3-2-11(15)10-14(13)23(20,21)18-8-4-12(5-9-18)19-16-6-7-17-19/h2-3,6-7,10,12H,4-5,8-9H2,1H3. The van der Waals surface area contributed by atoms with Crippen LogP contribution in [0.2, 0.25) is 0 Å². The van der Waals surface area contributed by atoms with Gasteiger partial charge in [0.25, 0.3) is 0 Å². The molecule has 2 aromatic rings. The zero-order valence-electron chi connectivity index (χ0n) is 12.6. The number of methoxy groups -OCH3 is 1. The molecule has 0 amide bonds.